The summed E-state index contributed by atoms with van der Waals surface area (Å²) in [4.78, 5) is 13.6. The van der Waals surface area contributed by atoms with E-state index in [1.165, 1.54) is 0 Å². The Labute approximate surface area is 117 Å². The van der Waals surface area contributed by atoms with Gasteiger partial charge in [-0.1, -0.05) is 19.3 Å². The van der Waals surface area contributed by atoms with Crippen molar-refractivity contribution >= 4 is 5.97 Å². The summed E-state index contributed by atoms with van der Waals surface area (Å²) in [6, 6.07) is 0. The molecule has 3 nitrogen and oxygen atoms in total. The topological polar surface area (TPSA) is 40.5 Å². The van der Waals surface area contributed by atoms with E-state index in [2.05, 4.69) is 0 Å². The number of hydrogen-bond donors (Lipinski definition) is 1. The molecule has 116 valence electrons. The van der Waals surface area contributed by atoms with Crippen LogP contribution in [-0.2, 0) is 4.79 Å². The number of rotatable bonds is 2. The van der Waals surface area contributed by atoms with E-state index in [4.69, 9.17) is 0 Å². The molecule has 1 saturated heterocycles. The molecule has 2 fully saturated rings. The standard InChI is InChI=1S/C14H22F3NO2/c15-14(16,17)11-6-5-7-13(10-11,12(19)20)18-8-3-1-2-4-9-18/h11H,1-10H2,(H,19,20). The lowest BCUT2D eigenvalue weighted by Crippen LogP contribution is -2.58. The van der Waals surface area contributed by atoms with Gasteiger partial charge in [0.15, 0.2) is 0 Å². The second-order valence-electron chi connectivity index (χ2n) is 6.07. The van der Waals surface area contributed by atoms with Crippen LogP contribution in [0.3, 0.4) is 0 Å². The third kappa shape index (κ3) is 3.10. The van der Waals surface area contributed by atoms with E-state index >= 15 is 0 Å². The average Bonchev–Trinajstić information content (AvgIpc) is 2.66. The van der Waals surface area contributed by atoms with Gasteiger partial charge in [0, 0.05) is 0 Å². The van der Waals surface area contributed by atoms with Crippen molar-refractivity contribution in [3.63, 3.8) is 0 Å². The Morgan fingerprint density at radius 2 is 1.70 bits per heavy atom. The first kappa shape index (κ1) is 15.6. The number of halogens is 3. The molecule has 2 rings (SSSR count). The van der Waals surface area contributed by atoms with Crippen LogP contribution in [0.5, 0.6) is 0 Å². The summed E-state index contributed by atoms with van der Waals surface area (Å²) < 4.78 is 39.0. The van der Waals surface area contributed by atoms with Gasteiger partial charge in [0.25, 0.3) is 0 Å². The van der Waals surface area contributed by atoms with Crippen LogP contribution in [0.25, 0.3) is 0 Å². The maximum absolute atomic E-state index is 13.0. The molecule has 20 heavy (non-hydrogen) atoms. The van der Waals surface area contributed by atoms with Crippen LogP contribution < -0.4 is 0 Å². The highest BCUT2D eigenvalue weighted by atomic mass is 19.4. The highest BCUT2D eigenvalue weighted by Crippen LogP contribution is 2.44. The van der Waals surface area contributed by atoms with Crippen LogP contribution in [0, 0.1) is 5.92 Å². The molecule has 0 amide bonds. The Morgan fingerprint density at radius 1 is 1.10 bits per heavy atom. The van der Waals surface area contributed by atoms with Gasteiger partial charge in [-0.2, -0.15) is 13.2 Å². The molecule has 0 aromatic rings. The fraction of sp³-hybridized carbons (Fsp3) is 0.929. The number of carboxylic acid groups (broad SMARTS) is 1. The number of alkyl halides is 3. The first-order valence-corrected chi connectivity index (χ1v) is 7.41. The summed E-state index contributed by atoms with van der Waals surface area (Å²) in [5, 5.41) is 9.61. The normalized spacial score (nSPS) is 33.6. The van der Waals surface area contributed by atoms with Gasteiger partial charge in [-0.25, -0.2) is 0 Å². The van der Waals surface area contributed by atoms with Crippen LogP contribution >= 0.6 is 0 Å². The van der Waals surface area contributed by atoms with E-state index in [-0.39, 0.29) is 12.8 Å². The number of nitrogens with zero attached hydrogens (tertiary/aromatic N) is 1. The first-order valence-electron chi connectivity index (χ1n) is 7.41. The quantitative estimate of drug-likeness (QED) is 0.848. The summed E-state index contributed by atoms with van der Waals surface area (Å²) in [6.45, 7) is 1.22. The maximum atomic E-state index is 13.0. The zero-order valence-electron chi connectivity index (χ0n) is 11.6. The molecule has 1 N–H and O–H groups in total. The lowest BCUT2D eigenvalue weighted by Gasteiger charge is -2.45. The van der Waals surface area contributed by atoms with Gasteiger partial charge in [0.2, 0.25) is 0 Å². The van der Waals surface area contributed by atoms with Gasteiger partial charge in [-0.3, -0.25) is 9.69 Å². The van der Waals surface area contributed by atoms with Gasteiger partial charge in [0.05, 0.1) is 5.92 Å². The molecule has 6 heteroatoms. The molecule has 1 aliphatic carbocycles. The minimum absolute atomic E-state index is 0.0619. The minimum Gasteiger partial charge on any atom is -0.480 e. The second kappa shape index (κ2) is 5.92. The van der Waals surface area contributed by atoms with Crippen molar-refractivity contribution < 1.29 is 23.1 Å². The van der Waals surface area contributed by atoms with Crippen molar-refractivity contribution in [2.24, 2.45) is 5.92 Å². The van der Waals surface area contributed by atoms with E-state index in [0.717, 1.165) is 25.7 Å². The Hall–Kier alpha value is -0.780. The molecule has 1 saturated carbocycles. The number of hydrogen-bond acceptors (Lipinski definition) is 2. The van der Waals surface area contributed by atoms with Crippen LogP contribution in [0.4, 0.5) is 13.2 Å². The van der Waals surface area contributed by atoms with E-state index in [0.29, 0.717) is 25.9 Å². The lowest BCUT2D eigenvalue weighted by molar-refractivity contribution is -0.198. The molecule has 0 bridgehead atoms. The van der Waals surface area contributed by atoms with Crippen molar-refractivity contribution in [2.75, 3.05) is 13.1 Å². The molecular formula is C14H22F3NO2. The molecule has 1 aliphatic heterocycles. The molecule has 2 aliphatic rings. The van der Waals surface area contributed by atoms with Gasteiger partial charge < -0.3 is 5.11 Å². The number of aliphatic carboxylic acids is 1. The van der Waals surface area contributed by atoms with Crippen molar-refractivity contribution in [1.29, 1.82) is 0 Å². The van der Waals surface area contributed by atoms with Crippen LogP contribution in [0.2, 0.25) is 0 Å². The molecule has 0 radical (unpaired) electrons. The highest BCUT2D eigenvalue weighted by Gasteiger charge is 2.53. The van der Waals surface area contributed by atoms with E-state index in [1.54, 1.807) is 0 Å². The van der Waals surface area contributed by atoms with Gasteiger partial charge >= 0.3 is 12.1 Å². The molecule has 0 aromatic heterocycles. The number of carboxylic acids is 1. The first-order chi connectivity index (χ1) is 9.36. The fourth-order valence-corrected chi connectivity index (χ4v) is 3.65. The van der Waals surface area contributed by atoms with Gasteiger partial charge in [0.1, 0.15) is 5.54 Å². The van der Waals surface area contributed by atoms with Crippen LogP contribution in [0.1, 0.15) is 51.4 Å². The third-order valence-electron chi connectivity index (χ3n) is 4.80. The largest absolute Gasteiger partial charge is 0.480 e. The third-order valence-corrected chi connectivity index (χ3v) is 4.80. The van der Waals surface area contributed by atoms with Crippen molar-refractivity contribution in [2.45, 2.75) is 63.1 Å². The zero-order valence-corrected chi connectivity index (χ0v) is 11.6. The molecule has 0 spiro atoms. The smallest absolute Gasteiger partial charge is 0.391 e. The predicted octanol–water partition coefficient (Wildman–Crippen LogP) is 3.44. The molecule has 1 heterocycles. The predicted molar refractivity (Wildman–Crippen MR) is 68.4 cm³/mol. The van der Waals surface area contributed by atoms with Crippen molar-refractivity contribution in [1.82, 2.24) is 4.90 Å². The molecule has 2 unspecified atom stereocenters. The fourth-order valence-electron chi connectivity index (χ4n) is 3.65. The van der Waals surface area contributed by atoms with Gasteiger partial charge in [-0.15, -0.1) is 0 Å². The van der Waals surface area contributed by atoms with E-state index in [9.17, 15) is 23.1 Å². The van der Waals surface area contributed by atoms with E-state index < -0.39 is 23.6 Å². The monoisotopic (exact) mass is 293 g/mol. The van der Waals surface area contributed by atoms with Crippen molar-refractivity contribution in [3.05, 3.63) is 0 Å². The Balaban J connectivity index is 2.22. The lowest BCUT2D eigenvalue weighted by atomic mass is 9.74. The van der Waals surface area contributed by atoms with Gasteiger partial charge in [-0.05, 0) is 45.2 Å². The van der Waals surface area contributed by atoms with E-state index in [1.807, 2.05) is 4.90 Å². The summed E-state index contributed by atoms with van der Waals surface area (Å²) in [7, 11) is 0. The second-order valence-corrected chi connectivity index (χ2v) is 6.07. The highest BCUT2D eigenvalue weighted by molar-refractivity contribution is 5.79. The summed E-state index contributed by atoms with van der Waals surface area (Å²) >= 11 is 0. The van der Waals surface area contributed by atoms with Crippen LogP contribution in [-0.4, -0.2) is 40.8 Å². The molecular weight excluding hydrogens is 271 g/mol. The SMILES string of the molecule is O=C(O)C1(N2CCCCCC2)CCCC(C(F)(F)F)C1. The number of carbonyl (C=O) groups is 1. The maximum Gasteiger partial charge on any atom is 0.391 e. The molecule has 0 aromatic carbocycles. The molecule has 2 atom stereocenters. The Bertz CT molecular complexity index is 351. The minimum atomic E-state index is -4.28. The number of likely N-dealkylation sites (tertiary alicyclic amines) is 1. The zero-order chi connectivity index (χ0) is 14.8. The Kier molecular flexibility index (Phi) is 4.62. The summed E-state index contributed by atoms with van der Waals surface area (Å²) in [5.41, 5.74) is -1.30. The van der Waals surface area contributed by atoms with Crippen LogP contribution in [0.15, 0.2) is 0 Å². The summed E-state index contributed by atoms with van der Waals surface area (Å²) in [5.74, 6) is -2.55. The summed E-state index contributed by atoms with van der Waals surface area (Å²) in [6.07, 6.45) is 0.00822. The Morgan fingerprint density at radius 3 is 2.20 bits per heavy atom. The average molecular weight is 293 g/mol. The van der Waals surface area contributed by atoms with Crippen molar-refractivity contribution in [3.8, 4) is 0 Å².